The summed E-state index contributed by atoms with van der Waals surface area (Å²) in [6, 6.07) is 11.8. The number of nitrogens with one attached hydrogen (secondary N) is 1. The third kappa shape index (κ3) is 5.15. The first kappa shape index (κ1) is 17.1. The monoisotopic (exact) mass is 337 g/mol. The Morgan fingerprint density at radius 2 is 1.87 bits per heavy atom. The van der Waals surface area contributed by atoms with Crippen molar-refractivity contribution < 1.29 is 22.7 Å². The molecule has 122 valence electrons. The number of halogens is 1. The number of carbonyl (C=O) groups is 1. The van der Waals surface area contributed by atoms with Crippen molar-refractivity contribution in [2.75, 3.05) is 6.54 Å². The first-order valence-corrected chi connectivity index (χ1v) is 8.55. The molecule has 0 fully saturated rings. The molecule has 2 aromatic carbocycles. The van der Waals surface area contributed by atoms with Crippen LogP contribution in [-0.2, 0) is 22.2 Å². The highest BCUT2D eigenvalue weighted by atomic mass is 32.2. The second-order valence-electron chi connectivity index (χ2n) is 5.00. The van der Waals surface area contributed by atoms with Crippen molar-refractivity contribution in [2.24, 2.45) is 0 Å². The number of benzene rings is 2. The average molecular weight is 337 g/mol. The minimum absolute atomic E-state index is 0.0714. The van der Waals surface area contributed by atoms with Gasteiger partial charge >= 0.3 is 5.97 Å². The van der Waals surface area contributed by atoms with Crippen molar-refractivity contribution in [3.63, 3.8) is 0 Å². The number of carboxylic acid groups (broad SMARTS) is 1. The predicted molar refractivity (Wildman–Crippen MR) is 84.1 cm³/mol. The fraction of sp³-hybridized carbons (Fsp3) is 0.188. The van der Waals surface area contributed by atoms with E-state index in [0.717, 1.165) is 0 Å². The summed E-state index contributed by atoms with van der Waals surface area (Å²) < 4.78 is 39.4. The first-order valence-electron chi connectivity index (χ1n) is 6.90. The summed E-state index contributed by atoms with van der Waals surface area (Å²) in [7, 11) is -3.62. The molecule has 2 aromatic rings. The molecule has 7 heteroatoms. The lowest BCUT2D eigenvalue weighted by Gasteiger charge is -2.08. The maximum absolute atomic E-state index is 13.1. The van der Waals surface area contributed by atoms with Gasteiger partial charge in [-0.1, -0.05) is 30.3 Å². The van der Waals surface area contributed by atoms with Gasteiger partial charge in [0, 0.05) is 6.54 Å². The lowest BCUT2D eigenvalue weighted by Crippen LogP contribution is -2.27. The number of hydrogen-bond acceptors (Lipinski definition) is 3. The van der Waals surface area contributed by atoms with E-state index in [-0.39, 0.29) is 24.3 Å². The van der Waals surface area contributed by atoms with Crippen LogP contribution < -0.4 is 4.72 Å². The Morgan fingerprint density at radius 1 is 1.13 bits per heavy atom. The zero-order valence-electron chi connectivity index (χ0n) is 12.2. The van der Waals surface area contributed by atoms with Crippen LogP contribution in [0.25, 0.3) is 0 Å². The van der Waals surface area contributed by atoms with Gasteiger partial charge < -0.3 is 5.11 Å². The minimum Gasteiger partial charge on any atom is -0.478 e. The van der Waals surface area contributed by atoms with Gasteiger partial charge in [0.15, 0.2) is 0 Å². The first-order chi connectivity index (χ1) is 10.9. The molecule has 0 atom stereocenters. The Hall–Kier alpha value is -2.25. The molecule has 0 aliphatic rings. The second-order valence-corrected chi connectivity index (χ2v) is 6.80. The van der Waals surface area contributed by atoms with Gasteiger partial charge in [0.25, 0.3) is 0 Å². The van der Waals surface area contributed by atoms with Crippen molar-refractivity contribution in [3.05, 3.63) is 71.0 Å². The molecule has 5 nitrogen and oxygen atoms in total. The Morgan fingerprint density at radius 3 is 2.57 bits per heavy atom. The molecule has 0 saturated heterocycles. The summed E-state index contributed by atoms with van der Waals surface area (Å²) in [6.07, 6.45) is 0.255. The van der Waals surface area contributed by atoms with E-state index in [9.17, 15) is 17.6 Å². The number of aromatic carboxylic acids is 1. The Bertz CT molecular complexity index is 805. The average Bonchev–Trinajstić information content (AvgIpc) is 2.46. The summed E-state index contributed by atoms with van der Waals surface area (Å²) in [5.41, 5.74) is 1.05. The molecule has 23 heavy (non-hydrogen) atoms. The molecule has 0 saturated carbocycles. The Balaban J connectivity index is 1.97. The molecule has 0 aliphatic heterocycles. The maximum atomic E-state index is 13.1. The fourth-order valence-electron chi connectivity index (χ4n) is 2.19. The van der Waals surface area contributed by atoms with Crippen LogP contribution in [0.3, 0.4) is 0 Å². The fourth-order valence-corrected chi connectivity index (χ4v) is 3.32. The van der Waals surface area contributed by atoms with Crippen LogP contribution in [0.2, 0.25) is 0 Å². The van der Waals surface area contributed by atoms with E-state index in [1.807, 2.05) is 0 Å². The van der Waals surface area contributed by atoms with E-state index >= 15 is 0 Å². The van der Waals surface area contributed by atoms with Crippen LogP contribution in [0.15, 0.2) is 48.5 Å². The van der Waals surface area contributed by atoms with Crippen LogP contribution in [0.4, 0.5) is 4.39 Å². The molecule has 0 bridgehead atoms. The lowest BCUT2D eigenvalue weighted by molar-refractivity contribution is 0.0695. The molecule has 0 unspecified atom stereocenters. The van der Waals surface area contributed by atoms with Crippen LogP contribution in [0.5, 0.6) is 0 Å². The highest BCUT2D eigenvalue weighted by Crippen LogP contribution is 2.10. The van der Waals surface area contributed by atoms with Crippen molar-refractivity contribution in [1.29, 1.82) is 0 Å². The number of rotatable bonds is 7. The van der Waals surface area contributed by atoms with Gasteiger partial charge in [-0.15, -0.1) is 0 Å². The maximum Gasteiger partial charge on any atom is 0.335 e. The SMILES string of the molecule is O=C(O)c1ccccc1CCNS(=O)(=O)Cc1cccc(F)c1. The molecule has 0 radical (unpaired) electrons. The van der Waals surface area contributed by atoms with Crippen molar-refractivity contribution in [3.8, 4) is 0 Å². The lowest BCUT2D eigenvalue weighted by atomic mass is 10.1. The van der Waals surface area contributed by atoms with Crippen molar-refractivity contribution >= 4 is 16.0 Å². The standard InChI is InChI=1S/C16H16FNO4S/c17-14-6-3-4-12(10-14)11-23(21,22)18-9-8-13-5-1-2-7-15(13)16(19)20/h1-7,10,18H,8-9,11H2,(H,19,20). The Labute approximate surface area is 133 Å². The smallest absolute Gasteiger partial charge is 0.335 e. The molecule has 2 rings (SSSR count). The largest absolute Gasteiger partial charge is 0.478 e. The second kappa shape index (κ2) is 7.34. The van der Waals surface area contributed by atoms with Gasteiger partial charge in [-0.2, -0.15) is 0 Å². The van der Waals surface area contributed by atoms with E-state index in [2.05, 4.69) is 4.72 Å². The van der Waals surface area contributed by atoms with Gasteiger partial charge in [-0.3, -0.25) is 0 Å². The molecule has 0 spiro atoms. The normalized spacial score (nSPS) is 11.3. The zero-order chi connectivity index (χ0) is 16.9. The molecular weight excluding hydrogens is 321 g/mol. The van der Waals surface area contributed by atoms with Gasteiger partial charge in [-0.25, -0.2) is 22.3 Å². The molecule has 2 N–H and O–H groups in total. The number of carboxylic acids is 1. The van der Waals surface area contributed by atoms with Crippen molar-refractivity contribution in [1.82, 2.24) is 4.72 Å². The minimum atomic E-state index is -3.62. The quantitative estimate of drug-likeness (QED) is 0.811. The summed E-state index contributed by atoms with van der Waals surface area (Å²) in [5.74, 6) is -1.87. The Kier molecular flexibility index (Phi) is 5.46. The van der Waals surface area contributed by atoms with E-state index in [4.69, 9.17) is 5.11 Å². The zero-order valence-corrected chi connectivity index (χ0v) is 13.0. The van der Waals surface area contributed by atoms with Crippen LogP contribution >= 0.6 is 0 Å². The summed E-state index contributed by atoms with van der Waals surface area (Å²) >= 11 is 0. The molecule has 0 aliphatic carbocycles. The van der Waals surface area contributed by atoms with E-state index < -0.39 is 21.8 Å². The summed E-state index contributed by atoms with van der Waals surface area (Å²) in [5, 5.41) is 9.07. The highest BCUT2D eigenvalue weighted by molar-refractivity contribution is 7.88. The number of sulfonamides is 1. The topological polar surface area (TPSA) is 83.5 Å². The van der Waals surface area contributed by atoms with E-state index in [0.29, 0.717) is 11.1 Å². The van der Waals surface area contributed by atoms with Crippen LogP contribution in [0.1, 0.15) is 21.5 Å². The van der Waals surface area contributed by atoms with E-state index in [1.54, 1.807) is 18.2 Å². The highest BCUT2D eigenvalue weighted by Gasteiger charge is 2.13. The van der Waals surface area contributed by atoms with Gasteiger partial charge in [-0.05, 0) is 35.7 Å². The molecule has 0 amide bonds. The molecule has 0 heterocycles. The van der Waals surface area contributed by atoms with Gasteiger partial charge in [0.2, 0.25) is 10.0 Å². The van der Waals surface area contributed by atoms with Gasteiger partial charge in [0.05, 0.1) is 11.3 Å². The number of hydrogen-bond donors (Lipinski definition) is 2. The third-order valence-electron chi connectivity index (χ3n) is 3.21. The van der Waals surface area contributed by atoms with Crippen LogP contribution in [0, 0.1) is 5.82 Å². The molecule has 0 aromatic heterocycles. The summed E-state index contributed by atoms with van der Waals surface area (Å²) in [6.45, 7) is 0.0714. The third-order valence-corrected chi connectivity index (χ3v) is 4.57. The van der Waals surface area contributed by atoms with Crippen molar-refractivity contribution in [2.45, 2.75) is 12.2 Å². The summed E-state index contributed by atoms with van der Waals surface area (Å²) in [4.78, 5) is 11.1. The van der Waals surface area contributed by atoms with E-state index in [1.165, 1.54) is 30.3 Å². The van der Waals surface area contributed by atoms with Gasteiger partial charge in [0.1, 0.15) is 5.82 Å². The molecular formula is C16H16FNO4S. The van der Waals surface area contributed by atoms with Crippen LogP contribution in [-0.4, -0.2) is 26.0 Å². The predicted octanol–water partition coefficient (Wildman–Crippen LogP) is 2.19.